The molecule has 0 spiro atoms. The van der Waals surface area contributed by atoms with Gasteiger partial charge in [-0.1, -0.05) is 36.4 Å². The van der Waals surface area contributed by atoms with Gasteiger partial charge in [-0.25, -0.2) is 0 Å². The number of hydrogen-bond donors (Lipinski definition) is 0. The van der Waals surface area contributed by atoms with E-state index in [0.717, 1.165) is 45.3 Å². The van der Waals surface area contributed by atoms with Crippen LogP contribution in [0.2, 0.25) is 0 Å². The summed E-state index contributed by atoms with van der Waals surface area (Å²) in [6.07, 6.45) is 7.45. The number of carbonyl (C=O) groups is 1. The molecule has 1 heterocycles. The second-order valence-electron chi connectivity index (χ2n) is 6.11. The molecule has 1 fully saturated rings. The number of rotatable bonds is 3. The Hall–Kier alpha value is -1.41. The predicted octanol–water partition coefficient (Wildman–Crippen LogP) is 3.54. The Morgan fingerprint density at radius 2 is 2.00 bits per heavy atom. The normalized spacial score (nSPS) is 24.5. The zero-order valence-corrected chi connectivity index (χ0v) is 12.1. The SMILES string of the molecule is O=C1CCC[C@@H](CN2CC=C(c3ccccc3)CC2)C1. The zero-order valence-electron chi connectivity index (χ0n) is 12.1. The van der Waals surface area contributed by atoms with Gasteiger partial charge in [0.15, 0.2) is 0 Å². The first-order chi connectivity index (χ1) is 9.81. The quantitative estimate of drug-likeness (QED) is 0.836. The van der Waals surface area contributed by atoms with Crippen molar-refractivity contribution in [3.05, 3.63) is 42.0 Å². The fraction of sp³-hybridized carbons (Fsp3) is 0.500. The molecule has 0 unspecified atom stereocenters. The molecule has 1 aromatic carbocycles. The summed E-state index contributed by atoms with van der Waals surface area (Å²) < 4.78 is 0. The molecule has 2 aliphatic rings. The summed E-state index contributed by atoms with van der Waals surface area (Å²) in [4.78, 5) is 14.0. The molecule has 1 saturated carbocycles. The van der Waals surface area contributed by atoms with Crippen molar-refractivity contribution in [3.63, 3.8) is 0 Å². The smallest absolute Gasteiger partial charge is 0.133 e. The fourth-order valence-corrected chi connectivity index (χ4v) is 3.43. The number of carbonyl (C=O) groups excluding carboxylic acids is 1. The van der Waals surface area contributed by atoms with Crippen molar-refractivity contribution >= 4 is 11.4 Å². The Morgan fingerprint density at radius 1 is 1.15 bits per heavy atom. The van der Waals surface area contributed by atoms with Crippen molar-refractivity contribution in [2.75, 3.05) is 19.6 Å². The van der Waals surface area contributed by atoms with Gasteiger partial charge in [-0.2, -0.15) is 0 Å². The topological polar surface area (TPSA) is 20.3 Å². The van der Waals surface area contributed by atoms with Crippen LogP contribution >= 0.6 is 0 Å². The Labute approximate surface area is 121 Å². The molecule has 0 N–H and O–H groups in total. The number of hydrogen-bond acceptors (Lipinski definition) is 2. The molecule has 1 aromatic rings. The Morgan fingerprint density at radius 3 is 2.70 bits per heavy atom. The van der Waals surface area contributed by atoms with E-state index in [0.29, 0.717) is 11.7 Å². The molecule has 1 aliphatic heterocycles. The molecule has 0 amide bonds. The molecule has 2 nitrogen and oxygen atoms in total. The lowest BCUT2D eigenvalue weighted by Crippen LogP contribution is -2.35. The van der Waals surface area contributed by atoms with Gasteiger partial charge in [-0.3, -0.25) is 9.69 Å². The van der Waals surface area contributed by atoms with Gasteiger partial charge in [0.05, 0.1) is 0 Å². The second-order valence-corrected chi connectivity index (χ2v) is 6.11. The van der Waals surface area contributed by atoms with E-state index < -0.39 is 0 Å². The van der Waals surface area contributed by atoms with Crippen molar-refractivity contribution in [1.82, 2.24) is 4.90 Å². The van der Waals surface area contributed by atoms with Crippen LogP contribution < -0.4 is 0 Å². The van der Waals surface area contributed by atoms with Gasteiger partial charge in [0.25, 0.3) is 0 Å². The van der Waals surface area contributed by atoms with E-state index in [1.807, 2.05) is 0 Å². The largest absolute Gasteiger partial charge is 0.300 e. The first-order valence-corrected chi connectivity index (χ1v) is 7.80. The maximum Gasteiger partial charge on any atom is 0.133 e. The van der Waals surface area contributed by atoms with Crippen LogP contribution in [0.1, 0.15) is 37.7 Å². The minimum absolute atomic E-state index is 0.471. The van der Waals surface area contributed by atoms with Crippen molar-refractivity contribution in [1.29, 1.82) is 0 Å². The van der Waals surface area contributed by atoms with Gasteiger partial charge < -0.3 is 0 Å². The van der Waals surface area contributed by atoms with Gasteiger partial charge in [0.2, 0.25) is 0 Å². The molecule has 0 saturated heterocycles. The van der Waals surface area contributed by atoms with E-state index in [2.05, 4.69) is 41.3 Å². The highest BCUT2D eigenvalue weighted by molar-refractivity contribution is 5.79. The maximum atomic E-state index is 11.5. The average molecular weight is 269 g/mol. The summed E-state index contributed by atoms with van der Waals surface area (Å²) in [6.45, 7) is 3.27. The molecule has 106 valence electrons. The third-order valence-corrected chi connectivity index (χ3v) is 4.54. The third-order valence-electron chi connectivity index (χ3n) is 4.54. The van der Waals surface area contributed by atoms with Crippen LogP contribution in [0, 0.1) is 5.92 Å². The van der Waals surface area contributed by atoms with E-state index in [1.165, 1.54) is 17.6 Å². The van der Waals surface area contributed by atoms with Crippen LogP contribution in [0.5, 0.6) is 0 Å². The summed E-state index contributed by atoms with van der Waals surface area (Å²) in [5, 5.41) is 0. The standard InChI is InChI=1S/C18H23NO/c20-18-8-4-5-15(13-18)14-19-11-9-17(10-12-19)16-6-2-1-3-7-16/h1-3,6-7,9,15H,4-5,8,10-14H2/t15-/m1/s1. The molecule has 20 heavy (non-hydrogen) atoms. The van der Waals surface area contributed by atoms with Crippen molar-refractivity contribution in [2.24, 2.45) is 5.92 Å². The number of benzene rings is 1. The molecule has 2 heteroatoms. The monoisotopic (exact) mass is 269 g/mol. The molecule has 0 bridgehead atoms. The first-order valence-electron chi connectivity index (χ1n) is 7.80. The van der Waals surface area contributed by atoms with Gasteiger partial charge in [0, 0.05) is 32.5 Å². The molecular weight excluding hydrogens is 246 g/mol. The number of Topliss-reactive ketones (excluding diaryl/α,β-unsaturated/α-hetero) is 1. The van der Waals surface area contributed by atoms with Crippen LogP contribution in [0.25, 0.3) is 5.57 Å². The minimum Gasteiger partial charge on any atom is -0.300 e. The summed E-state index contributed by atoms with van der Waals surface area (Å²) in [6, 6.07) is 10.7. The Bertz CT molecular complexity index is 491. The molecular formula is C18H23NO. The number of nitrogens with zero attached hydrogens (tertiary/aromatic N) is 1. The molecule has 1 atom stereocenters. The summed E-state index contributed by atoms with van der Waals surface area (Å²) in [7, 11) is 0. The highest BCUT2D eigenvalue weighted by atomic mass is 16.1. The average Bonchev–Trinajstić information content (AvgIpc) is 2.49. The zero-order chi connectivity index (χ0) is 13.8. The van der Waals surface area contributed by atoms with Gasteiger partial charge in [-0.05, 0) is 36.3 Å². The van der Waals surface area contributed by atoms with E-state index >= 15 is 0 Å². The summed E-state index contributed by atoms with van der Waals surface area (Å²) in [5.41, 5.74) is 2.83. The minimum atomic E-state index is 0.471. The highest BCUT2D eigenvalue weighted by Gasteiger charge is 2.22. The molecule has 1 aliphatic carbocycles. The van der Waals surface area contributed by atoms with Gasteiger partial charge >= 0.3 is 0 Å². The first kappa shape index (κ1) is 13.6. The second kappa shape index (κ2) is 6.36. The lowest BCUT2D eigenvalue weighted by molar-refractivity contribution is -0.121. The highest BCUT2D eigenvalue weighted by Crippen LogP contribution is 2.26. The predicted molar refractivity (Wildman–Crippen MR) is 82.4 cm³/mol. The van der Waals surface area contributed by atoms with E-state index in [4.69, 9.17) is 0 Å². The molecule has 0 radical (unpaired) electrons. The van der Waals surface area contributed by atoms with Crippen LogP contribution in [0.4, 0.5) is 0 Å². The Kier molecular flexibility index (Phi) is 4.31. The van der Waals surface area contributed by atoms with Crippen molar-refractivity contribution in [3.8, 4) is 0 Å². The summed E-state index contributed by atoms with van der Waals surface area (Å²) in [5.74, 6) is 1.07. The van der Waals surface area contributed by atoms with Crippen LogP contribution in [-0.2, 0) is 4.79 Å². The fourth-order valence-electron chi connectivity index (χ4n) is 3.43. The van der Waals surface area contributed by atoms with Crippen molar-refractivity contribution < 1.29 is 4.79 Å². The van der Waals surface area contributed by atoms with E-state index in [-0.39, 0.29) is 0 Å². The van der Waals surface area contributed by atoms with Crippen LogP contribution in [0.15, 0.2) is 36.4 Å². The number of ketones is 1. The van der Waals surface area contributed by atoms with Crippen LogP contribution in [-0.4, -0.2) is 30.3 Å². The lowest BCUT2D eigenvalue weighted by atomic mass is 9.87. The van der Waals surface area contributed by atoms with Crippen LogP contribution in [0.3, 0.4) is 0 Å². The molecule has 3 rings (SSSR count). The van der Waals surface area contributed by atoms with E-state index in [1.54, 1.807) is 0 Å². The third kappa shape index (κ3) is 3.37. The Balaban J connectivity index is 1.55. The molecule has 0 aromatic heterocycles. The van der Waals surface area contributed by atoms with E-state index in [9.17, 15) is 4.79 Å². The van der Waals surface area contributed by atoms with Crippen molar-refractivity contribution in [2.45, 2.75) is 32.1 Å². The summed E-state index contributed by atoms with van der Waals surface area (Å²) >= 11 is 0. The van der Waals surface area contributed by atoms with Gasteiger partial charge in [-0.15, -0.1) is 0 Å². The lowest BCUT2D eigenvalue weighted by Gasteiger charge is -2.31. The van der Waals surface area contributed by atoms with Gasteiger partial charge in [0.1, 0.15) is 5.78 Å². The maximum absolute atomic E-state index is 11.5.